The van der Waals surface area contributed by atoms with E-state index < -0.39 is 24.2 Å². The summed E-state index contributed by atoms with van der Waals surface area (Å²) in [5, 5.41) is 2.26. The number of fused-ring (bicyclic) bond motifs is 3. The van der Waals surface area contributed by atoms with Gasteiger partial charge in [0.05, 0.1) is 27.7 Å². The summed E-state index contributed by atoms with van der Waals surface area (Å²) in [5.74, 6) is 0. The molecule has 11 aromatic rings. The second kappa shape index (κ2) is 16.1. The molecule has 0 aliphatic rings. The van der Waals surface area contributed by atoms with Gasteiger partial charge in [0.2, 0.25) is 0 Å². The lowest BCUT2D eigenvalue weighted by atomic mass is 9.91. The monoisotopic (exact) mass is 798 g/mol. The number of hydrogen-bond donors (Lipinski definition) is 0. The minimum Gasteiger partial charge on any atom is -0.311 e. The first-order valence-electron chi connectivity index (χ1n) is 24.6. The number of nitrogens with zero attached hydrogens (tertiary/aromatic N) is 2. The number of aromatic nitrogens is 1. The van der Waals surface area contributed by atoms with Gasteiger partial charge in [-0.1, -0.05) is 194 Å². The van der Waals surface area contributed by atoms with Gasteiger partial charge in [-0.3, -0.25) is 0 Å². The molecule has 0 aliphatic carbocycles. The van der Waals surface area contributed by atoms with Gasteiger partial charge in [-0.15, -0.1) is 0 Å². The van der Waals surface area contributed by atoms with Crippen LogP contribution in [0.2, 0.25) is 0 Å². The molecule has 0 radical (unpaired) electrons. The number of rotatable bonds is 9. The molecule has 0 saturated heterocycles. The highest BCUT2D eigenvalue weighted by Crippen LogP contribution is 2.41. The van der Waals surface area contributed by atoms with Crippen LogP contribution in [0.1, 0.15) is 11.0 Å². The Balaban J connectivity index is 1.10. The molecule has 1 heterocycles. The molecule has 2 nitrogen and oxygen atoms in total. The van der Waals surface area contributed by atoms with Gasteiger partial charge in [0.1, 0.15) is 0 Å². The van der Waals surface area contributed by atoms with E-state index >= 15 is 0 Å². The second-order valence-corrected chi connectivity index (χ2v) is 15.1. The van der Waals surface area contributed by atoms with Crippen LogP contribution in [0.25, 0.3) is 83.1 Å². The van der Waals surface area contributed by atoms with Crippen molar-refractivity contribution in [3.05, 3.63) is 255 Å². The van der Waals surface area contributed by atoms with E-state index in [2.05, 4.69) is 34.9 Å². The van der Waals surface area contributed by atoms with Crippen molar-refractivity contribution in [3.8, 4) is 61.3 Å². The van der Waals surface area contributed by atoms with Crippen molar-refractivity contribution >= 4 is 38.9 Å². The Morgan fingerprint density at radius 3 is 1.31 bits per heavy atom. The maximum Gasteiger partial charge on any atom is 0.0645 e. The lowest BCUT2D eigenvalue weighted by Gasteiger charge is -2.26. The Morgan fingerprint density at radius 1 is 0.290 bits per heavy atom. The molecule has 0 saturated carbocycles. The standard InChI is InChI=1S/C60H42N2/c1-4-16-43(17-5-1)44-28-35-50(36-29-44)61(51-37-30-45(31-38-51)49-34-41-53(46-18-6-2-7-19-46)57(42-49)47-20-8-3-9-21-47)52-39-32-48(33-40-52)54-22-10-13-25-58(54)62-59-26-14-11-23-55(59)56-24-12-15-27-60(56)62/h1-42H/i28D,29D,30D,31D,35D,36D,37D,38D. The molecule has 0 spiro atoms. The van der Waals surface area contributed by atoms with Gasteiger partial charge in [-0.2, -0.15) is 0 Å². The maximum atomic E-state index is 9.74. The summed E-state index contributed by atoms with van der Waals surface area (Å²) < 4.78 is 78.7. The smallest absolute Gasteiger partial charge is 0.0645 e. The average Bonchev–Trinajstić information content (AvgIpc) is 3.74. The minimum absolute atomic E-state index is 0.0893. The third-order valence-corrected chi connectivity index (χ3v) is 11.4. The molecule has 62 heavy (non-hydrogen) atoms. The van der Waals surface area contributed by atoms with Crippen LogP contribution in [-0.4, -0.2) is 4.57 Å². The minimum atomic E-state index is -0.408. The average molecular weight is 799 g/mol. The van der Waals surface area contributed by atoms with Gasteiger partial charge in [-0.05, 0) is 111 Å². The molecule has 0 N–H and O–H groups in total. The predicted molar refractivity (Wildman–Crippen MR) is 263 cm³/mol. The van der Waals surface area contributed by atoms with E-state index in [0.29, 0.717) is 16.8 Å². The van der Waals surface area contributed by atoms with Gasteiger partial charge >= 0.3 is 0 Å². The topological polar surface area (TPSA) is 8.17 Å². The van der Waals surface area contributed by atoms with Crippen LogP contribution in [0.15, 0.2) is 255 Å². The Hall–Kier alpha value is -8.20. The van der Waals surface area contributed by atoms with Crippen molar-refractivity contribution in [3.63, 3.8) is 0 Å². The summed E-state index contributed by atoms with van der Waals surface area (Å²) in [5.41, 5.74) is 9.60. The van der Waals surface area contributed by atoms with Crippen LogP contribution in [0, 0.1) is 0 Å². The molecule has 0 fully saturated rings. The molecule has 0 atom stereocenters. The lowest BCUT2D eigenvalue weighted by molar-refractivity contribution is 1.18. The van der Waals surface area contributed by atoms with E-state index in [0.717, 1.165) is 60.9 Å². The van der Waals surface area contributed by atoms with E-state index in [1.54, 1.807) is 36.4 Å². The van der Waals surface area contributed by atoms with Crippen LogP contribution in [0.5, 0.6) is 0 Å². The third kappa shape index (κ3) is 6.84. The molecule has 0 unspecified atom stereocenters. The van der Waals surface area contributed by atoms with Crippen LogP contribution < -0.4 is 4.90 Å². The first-order valence-corrected chi connectivity index (χ1v) is 20.6. The van der Waals surface area contributed by atoms with Crippen molar-refractivity contribution in [1.29, 1.82) is 0 Å². The summed E-state index contributed by atoms with van der Waals surface area (Å²) >= 11 is 0. The SMILES string of the molecule is [2H]c1c([2H])c(N(c2ccc(-c3ccccc3-n3c4ccccc4c4ccccc43)cc2)c2c([2H])c([2H])c(-c3ccc(-c4ccccc4)c(-c4ccccc4)c3)c([2H])c2[2H])c([2H])c([2H])c1-c1ccccc1. The quantitative estimate of drug-likeness (QED) is 0.141. The normalized spacial score (nSPS) is 13.0. The van der Waals surface area contributed by atoms with Crippen molar-refractivity contribution in [2.75, 3.05) is 4.90 Å². The molecule has 10 aromatic carbocycles. The fraction of sp³-hybridized carbons (Fsp3) is 0. The molecule has 11 rings (SSSR count). The molecule has 2 heteroatoms. The second-order valence-electron chi connectivity index (χ2n) is 15.1. The van der Waals surface area contributed by atoms with Gasteiger partial charge in [0.15, 0.2) is 0 Å². The molecule has 292 valence electrons. The first kappa shape index (κ1) is 29.1. The van der Waals surface area contributed by atoms with Crippen molar-refractivity contribution in [2.24, 2.45) is 0 Å². The first-order chi connectivity index (χ1) is 34.1. The summed E-state index contributed by atoms with van der Waals surface area (Å²) in [6.45, 7) is 0. The zero-order chi connectivity index (χ0) is 48.2. The number of para-hydroxylation sites is 3. The van der Waals surface area contributed by atoms with Gasteiger partial charge < -0.3 is 9.47 Å². The number of benzene rings is 10. The molecule has 1 aromatic heterocycles. The van der Waals surface area contributed by atoms with E-state index in [1.807, 2.05) is 140 Å². The van der Waals surface area contributed by atoms with Crippen LogP contribution in [0.4, 0.5) is 17.1 Å². The molecule has 0 aliphatic heterocycles. The van der Waals surface area contributed by atoms with E-state index in [4.69, 9.17) is 0 Å². The molecule has 0 bridgehead atoms. The van der Waals surface area contributed by atoms with Gasteiger partial charge in [-0.25, -0.2) is 0 Å². The number of hydrogen-bond acceptors (Lipinski definition) is 1. The fourth-order valence-corrected chi connectivity index (χ4v) is 8.41. The van der Waals surface area contributed by atoms with E-state index in [-0.39, 0.29) is 46.7 Å². The van der Waals surface area contributed by atoms with E-state index in [9.17, 15) is 11.0 Å². The van der Waals surface area contributed by atoms with Crippen molar-refractivity contribution < 1.29 is 11.0 Å². The maximum absolute atomic E-state index is 9.74. The highest BCUT2D eigenvalue weighted by Gasteiger charge is 2.18. The Bertz CT molecular complexity index is 3690. The zero-order valence-electron chi connectivity index (χ0n) is 41.5. The van der Waals surface area contributed by atoms with Crippen LogP contribution in [-0.2, 0) is 0 Å². The summed E-state index contributed by atoms with van der Waals surface area (Å²) in [4.78, 5) is 1.36. The molecular formula is C60H42N2. The van der Waals surface area contributed by atoms with Crippen molar-refractivity contribution in [2.45, 2.75) is 0 Å². The Morgan fingerprint density at radius 2 is 0.726 bits per heavy atom. The van der Waals surface area contributed by atoms with Crippen LogP contribution in [0.3, 0.4) is 0 Å². The lowest BCUT2D eigenvalue weighted by Crippen LogP contribution is -2.09. The molecular weight excluding hydrogens is 749 g/mol. The van der Waals surface area contributed by atoms with E-state index in [1.165, 1.54) is 4.90 Å². The third-order valence-electron chi connectivity index (χ3n) is 11.4. The zero-order valence-corrected chi connectivity index (χ0v) is 33.5. The fourth-order valence-electron chi connectivity index (χ4n) is 8.41. The van der Waals surface area contributed by atoms with Crippen molar-refractivity contribution in [1.82, 2.24) is 4.57 Å². The summed E-state index contributed by atoms with van der Waals surface area (Å²) in [6, 6.07) is 63.5. The van der Waals surface area contributed by atoms with Gasteiger partial charge in [0, 0.05) is 33.4 Å². The predicted octanol–water partition coefficient (Wildman–Crippen LogP) is 16.6. The summed E-state index contributed by atoms with van der Waals surface area (Å²) in [7, 11) is 0. The Labute approximate surface area is 374 Å². The summed E-state index contributed by atoms with van der Waals surface area (Å²) in [6.07, 6.45) is 0. The highest BCUT2D eigenvalue weighted by molar-refractivity contribution is 6.09. The largest absolute Gasteiger partial charge is 0.311 e. The highest BCUT2D eigenvalue weighted by atomic mass is 15.1. The van der Waals surface area contributed by atoms with Crippen LogP contribution >= 0.6 is 0 Å². The number of anilines is 3. The Kier molecular flexibility index (Phi) is 7.56. The molecule has 0 amide bonds. The van der Waals surface area contributed by atoms with Gasteiger partial charge in [0.25, 0.3) is 0 Å².